The molecule has 1 saturated heterocycles. The van der Waals surface area contributed by atoms with Crippen molar-refractivity contribution in [3.05, 3.63) is 29.8 Å². The summed E-state index contributed by atoms with van der Waals surface area (Å²) in [4.78, 5) is 25.2. The Bertz CT molecular complexity index is 635. The van der Waals surface area contributed by atoms with Crippen LogP contribution in [0.15, 0.2) is 24.3 Å². The number of anilines is 1. The van der Waals surface area contributed by atoms with Gasteiger partial charge in [-0.05, 0) is 18.1 Å². The maximum atomic E-state index is 12.6. The Morgan fingerprint density at radius 1 is 1.25 bits per heavy atom. The first kappa shape index (κ1) is 16.9. The lowest BCUT2D eigenvalue weighted by Crippen LogP contribution is -2.39. The van der Waals surface area contributed by atoms with Crippen molar-refractivity contribution in [3.63, 3.8) is 0 Å². The Hall–Kier alpha value is -1.96. The number of para-hydroxylation sites is 1. The van der Waals surface area contributed by atoms with E-state index in [0.29, 0.717) is 6.54 Å². The molecule has 7 heteroatoms. The van der Waals surface area contributed by atoms with Crippen molar-refractivity contribution in [2.75, 3.05) is 18.0 Å². The zero-order valence-electron chi connectivity index (χ0n) is 13.5. The zero-order valence-corrected chi connectivity index (χ0v) is 13.5. The summed E-state index contributed by atoms with van der Waals surface area (Å²) in [5.41, 5.74) is 2.02. The van der Waals surface area contributed by atoms with Gasteiger partial charge in [0.05, 0.1) is 12.5 Å². The van der Waals surface area contributed by atoms with E-state index in [1.807, 2.05) is 24.3 Å². The van der Waals surface area contributed by atoms with Crippen LogP contribution >= 0.6 is 0 Å². The van der Waals surface area contributed by atoms with Gasteiger partial charge >= 0.3 is 0 Å². The van der Waals surface area contributed by atoms with E-state index >= 15 is 0 Å². The monoisotopic (exact) mass is 334 g/mol. The SMILES string of the molecule is CC(=O)NC[C@@H]1O[C@@H](CC(=O)N2CCc3ccccc32)[C@H](O)[C@@H]1O. The van der Waals surface area contributed by atoms with Crippen LogP contribution in [0.25, 0.3) is 0 Å². The molecule has 0 aliphatic carbocycles. The number of nitrogens with one attached hydrogen (secondary N) is 1. The Labute approximate surface area is 140 Å². The third kappa shape index (κ3) is 3.28. The Morgan fingerprint density at radius 2 is 1.96 bits per heavy atom. The minimum atomic E-state index is -1.15. The van der Waals surface area contributed by atoms with Crippen molar-refractivity contribution in [1.29, 1.82) is 0 Å². The van der Waals surface area contributed by atoms with Crippen molar-refractivity contribution < 1.29 is 24.5 Å². The van der Waals surface area contributed by atoms with Crippen LogP contribution in [0, 0.1) is 0 Å². The number of benzene rings is 1. The molecule has 24 heavy (non-hydrogen) atoms. The molecular weight excluding hydrogens is 312 g/mol. The highest BCUT2D eigenvalue weighted by Crippen LogP contribution is 2.30. The van der Waals surface area contributed by atoms with Crippen LogP contribution < -0.4 is 10.2 Å². The molecule has 130 valence electrons. The van der Waals surface area contributed by atoms with Gasteiger partial charge in [-0.15, -0.1) is 0 Å². The number of ether oxygens (including phenoxy) is 1. The predicted octanol–water partition coefficient (Wildman–Crippen LogP) is -0.409. The molecule has 1 aromatic carbocycles. The van der Waals surface area contributed by atoms with Gasteiger partial charge in [-0.3, -0.25) is 9.59 Å². The summed E-state index contributed by atoms with van der Waals surface area (Å²) in [6, 6.07) is 7.73. The molecular formula is C17H22N2O5. The van der Waals surface area contributed by atoms with E-state index in [4.69, 9.17) is 4.74 Å². The second-order valence-electron chi connectivity index (χ2n) is 6.26. The van der Waals surface area contributed by atoms with Gasteiger partial charge in [0.15, 0.2) is 0 Å². The quantitative estimate of drug-likeness (QED) is 0.695. The molecule has 1 fully saturated rings. The van der Waals surface area contributed by atoms with Crippen molar-refractivity contribution in [3.8, 4) is 0 Å². The Morgan fingerprint density at radius 3 is 2.71 bits per heavy atom. The van der Waals surface area contributed by atoms with Crippen LogP contribution in [-0.4, -0.2) is 59.5 Å². The molecule has 3 N–H and O–H groups in total. The molecule has 2 aliphatic heterocycles. The fraction of sp³-hybridized carbons (Fsp3) is 0.529. The highest BCUT2D eigenvalue weighted by atomic mass is 16.5. The normalized spacial score (nSPS) is 28.7. The lowest BCUT2D eigenvalue weighted by Gasteiger charge is -2.21. The summed E-state index contributed by atoms with van der Waals surface area (Å²) in [6.45, 7) is 2.08. The summed E-state index contributed by atoms with van der Waals surface area (Å²) in [5, 5.41) is 22.7. The molecule has 4 atom stereocenters. The minimum Gasteiger partial charge on any atom is -0.388 e. The summed E-state index contributed by atoms with van der Waals surface area (Å²) in [5.74, 6) is -0.384. The van der Waals surface area contributed by atoms with Crippen LogP contribution in [0.5, 0.6) is 0 Å². The number of amides is 2. The van der Waals surface area contributed by atoms with Gasteiger partial charge in [0.1, 0.15) is 18.3 Å². The average Bonchev–Trinajstić information content (AvgIpc) is 3.10. The van der Waals surface area contributed by atoms with E-state index in [1.54, 1.807) is 4.90 Å². The molecule has 0 unspecified atom stereocenters. The van der Waals surface area contributed by atoms with Crippen LogP contribution in [0.2, 0.25) is 0 Å². The Balaban J connectivity index is 1.62. The molecule has 2 aliphatic rings. The first-order valence-electron chi connectivity index (χ1n) is 8.11. The molecule has 0 spiro atoms. The van der Waals surface area contributed by atoms with E-state index in [1.165, 1.54) is 6.92 Å². The molecule has 7 nitrogen and oxygen atoms in total. The molecule has 2 amide bonds. The van der Waals surface area contributed by atoms with E-state index in [2.05, 4.69) is 5.32 Å². The first-order chi connectivity index (χ1) is 11.5. The van der Waals surface area contributed by atoms with Crippen molar-refractivity contribution in [2.45, 2.75) is 44.2 Å². The number of hydrogen-bond donors (Lipinski definition) is 3. The van der Waals surface area contributed by atoms with Crippen LogP contribution in [-0.2, 0) is 20.7 Å². The van der Waals surface area contributed by atoms with Crippen molar-refractivity contribution in [2.24, 2.45) is 0 Å². The largest absolute Gasteiger partial charge is 0.388 e. The highest BCUT2D eigenvalue weighted by Gasteiger charge is 2.44. The van der Waals surface area contributed by atoms with Gasteiger partial charge in [0.25, 0.3) is 0 Å². The van der Waals surface area contributed by atoms with Gasteiger partial charge in [-0.1, -0.05) is 18.2 Å². The summed E-state index contributed by atoms with van der Waals surface area (Å²) >= 11 is 0. The summed E-state index contributed by atoms with van der Waals surface area (Å²) in [7, 11) is 0. The third-order valence-corrected chi connectivity index (χ3v) is 4.58. The van der Waals surface area contributed by atoms with Crippen molar-refractivity contribution >= 4 is 17.5 Å². The van der Waals surface area contributed by atoms with Gasteiger partial charge in [-0.25, -0.2) is 0 Å². The van der Waals surface area contributed by atoms with Gasteiger partial charge < -0.3 is 25.2 Å². The molecule has 1 aromatic rings. The fourth-order valence-electron chi connectivity index (χ4n) is 3.29. The highest BCUT2D eigenvalue weighted by molar-refractivity contribution is 5.95. The fourth-order valence-corrected chi connectivity index (χ4v) is 3.29. The molecule has 0 saturated carbocycles. The lowest BCUT2D eigenvalue weighted by atomic mass is 10.0. The lowest BCUT2D eigenvalue weighted by molar-refractivity contribution is -0.123. The molecule has 0 aromatic heterocycles. The first-order valence-corrected chi connectivity index (χ1v) is 8.11. The smallest absolute Gasteiger partial charge is 0.229 e. The second-order valence-corrected chi connectivity index (χ2v) is 6.26. The summed E-state index contributed by atoms with van der Waals surface area (Å²) < 4.78 is 5.59. The number of carbonyl (C=O) groups excluding carboxylic acids is 2. The standard InChI is InChI=1S/C17H22N2O5/c1-10(20)18-9-14-17(23)16(22)13(24-14)8-15(21)19-7-6-11-4-2-3-5-12(11)19/h2-5,13-14,16-17,22-23H,6-9H2,1H3,(H,18,20)/t13-,14-,16-,17+/m0/s1. The number of hydrogen-bond acceptors (Lipinski definition) is 5. The number of aliphatic hydroxyl groups is 2. The Kier molecular flexibility index (Phi) is 4.84. The van der Waals surface area contributed by atoms with E-state index < -0.39 is 24.4 Å². The topological polar surface area (TPSA) is 99.1 Å². The minimum absolute atomic E-state index is 0.0108. The maximum Gasteiger partial charge on any atom is 0.229 e. The molecule has 0 bridgehead atoms. The van der Waals surface area contributed by atoms with E-state index in [-0.39, 0.29) is 24.8 Å². The molecule has 3 rings (SSSR count). The number of carbonyl (C=O) groups is 2. The average molecular weight is 334 g/mol. The van der Waals surface area contributed by atoms with Gasteiger partial charge in [0, 0.05) is 25.7 Å². The third-order valence-electron chi connectivity index (χ3n) is 4.58. The maximum absolute atomic E-state index is 12.6. The summed E-state index contributed by atoms with van der Waals surface area (Å²) in [6.07, 6.45) is -2.97. The van der Waals surface area contributed by atoms with Gasteiger partial charge in [-0.2, -0.15) is 0 Å². The molecule has 2 heterocycles. The number of rotatable bonds is 4. The van der Waals surface area contributed by atoms with Gasteiger partial charge in [0.2, 0.25) is 11.8 Å². The van der Waals surface area contributed by atoms with Crippen LogP contribution in [0.4, 0.5) is 5.69 Å². The van der Waals surface area contributed by atoms with E-state index in [9.17, 15) is 19.8 Å². The number of fused-ring (bicyclic) bond motifs is 1. The number of aliphatic hydroxyl groups excluding tert-OH is 2. The van der Waals surface area contributed by atoms with Crippen molar-refractivity contribution in [1.82, 2.24) is 5.32 Å². The van der Waals surface area contributed by atoms with E-state index in [0.717, 1.165) is 17.7 Å². The van der Waals surface area contributed by atoms with Crippen LogP contribution in [0.3, 0.4) is 0 Å². The predicted molar refractivity (Wildman–Crippen MR) is 86.5 cm³/mol. The zero-order chi connectivity index (χ0) is 17.3. The number of nitrogens with zero attached hydrogens (tertiary/aromatic N) is 1. The second kappa shape index (κ2) is 6.88. The molecule has 0 radical (unpaired) electrons. The van der Waals surface area contributed by atoms with Crippen LogP contribution in [0.1, 0.15) is 18.9 Å².